The van der Waals surface area contributed by atoms with E-state index in [4.69, 9.17) is 0 Å². The largest absolute Gasteiger partial charge is 0.386 e. The second-order valence-corrected chi connectivity index (χ2v) is 5.87. The first-order valence-corrected chi connectivity index (χ1v) is 7.82. The summed E-state index contributed by atoms with van der Waals surface area (Å²) < 4.78 is 3.18. The molecule has 3 nitrogen and oxygen atoms in total. The van der Waals surface area contributed by atoms with E-state index in [0.717, 1.165) is 18.7 Å². The Morgan fingerprint density at radius 2 is 2.15 bits per heavy atom. The van der Waals surface area contributed by atoms with Crippen LogP contribution in [-0.2, 0) is 13.0 Å². The van der Waals surface area contributed by atoms with Crippen molar-refractivity contribution in [2.75, 3.05) is 0 Å². The zero-order valence-corrected chi connectivity index (χ0v) is 12.3. The van der Waals surface area contributed by atoms with Gasteiger partial charge in [-0.25, -0.2) is 0 Å². The maximum Gasteiger partial charge on any atom is 0.0997 e. The normalized spacial score (nSPS) is 12.9. The maximum absolute atomic E-state index is 10.5. The molecular formula is C16H18N2OS. The van der Waals surface area contributed by atoms with E-state index in [0.29, 0.717) is 6.42 Å². The second kappa shape index (κ2) is 5.77. The molecule has 0 amide bonds. The van der Waals surface area contributed by atoms with Crippen LogP contribution < -0.4 is 0 Å². The van der Waals surface area contributed by atoms with Gasteiger partial charge in [0.15, 0.2) is 0 Å². The zero-order chi connectivity index (χ0) is 13.9. The Labute approximate surface area is 122 Å². The van der Waals surface area contributed by atoms with Crippen molar-refractivity contribution in [3.05, 3.63) is 53.2 Å². The SMILES string of the molecule is CCCn1nccc1C(O)Cc1csc2ccccc12. The highest BCUT2D eigenvalue weighted by Crippen LogP contribution is 2.29. The predicted octanol–water partition coefficient (Wildman–Crippen LogP) is 3.78. The Kier molecular flexibility index (Phi) is 3.85. The molecule has 2 aromatic heterocycles. The Bertz CT molecular complexity index is 701. The van der Waals surface area contributed by atoms with Gasteiger partial charge >= 0.3 is 0 Å². The Morgan fingerprint density at radius 3 is 3.00 bits per heavy atom. The fourth-order valence-corrected chi connectivity index (χ4v) is 3.50. The number of thiophene rings is 1. The fraction of sp³-hybridized carbons (Fsp3) is 0.312. The molecule has 0 saturated carbocycles. The Hall–Kier alpha value is -1.65. The molecule has 0 fully saturated rings. The number of rotatable bonds is 5. The molecule has 0 aliphatic heterocycles. The number of hydrogen-bond donors (Lipinski definition) is 1. The van der Waals surface area contributed by atoms with E-state index in [2.05, 4.69) is 35.6 Å². The van der Waals surface area contributed by atoms with Crippen LogP contribution in [0.15, 0.2) is 41.9 Å². The lowest BCUT2D eigenvalue weighted by Crippen LogP contribution is -2.10. The van der Waals surface area contributed by atoms with Crippen LogP contribution >= 0.6 is 11.3 Å². The van der Waals surface area contributed by atoms with Crippen molar-refractivity contribution in [1.82, 2.24) is 9.78 Å². The molecule has 3 rings (SSSR count). The summed E-state index contributed by atoms with van der Waals surface area (Å²) in [6.07, 6.45) is 2.92. The van der Waals surface area contributed by atoms with Crippen LogP contribution in [0.3, 0.4) is 0 Å². The first-order chi connectivity index (χ1) is 9.79. The highest BCUT2D eigenvalue weighted by atomic mass is 32.1. The predicted molar refractivity (Wildman–Crippen MR) is 83.0 cm³/mol. The molecule has 2 heterocycles. The summed E-state index contributed by atoms with van der Waals surface area (Å²) in [5, 5.41) is 18.2. The first-order valence-electron chi connectivity index (χ1n) is 6.94. The smallest absolute Gasteiger partial charge is 0.0997 e. The lowest BCUT2D eigenvalue weighted by molar-refractivity contribution is 0.167. The molecule has 20 heavy (non-hydrogen) atoms. The third-order valence-corrected chi connectivity index (χ3v) is 4.51. The van der Waals surface area contributed by atoms with Gasteiger partial charge in [0.05, 0.1) is 11.8 Å². The standard InChI is InChI=1S/C16H18N2OS/c1-2-9-18-14(7-8-17-18)15(19)10-12-11-20-16-6-4-3-5-13(12)16/h3-8,11,15,19H,2,9-10H2,1H3. The van der Waals surface area contributed by atoms with Gasteiger partial charge in [-0.05, 0) is 34.9 Å². The molecule has 0 spiro atoms. The van der Waals surface area contributed by atoms with Crippen molar-refractivity contribution >= 4 is 21.4 Å². The van der Waals surface area contributed by atoms with E-state index in [1.807, 2.05) is 16.8 Å². The van der Waals surface area contributed by atoms with Crippen molar-refractivity contribution in [1.29, 1.82) is 0 Å². The van der Waals surface area contributed by atoms with Crippen LogP contribution in [0.4, 0.5) is 0 Å². The third kappa shape index (κ3) is 2.49. The summed E-state index contributed by atoms with van der Waals surface area (Å²) in [5.41, 5.74) is 2.12. The number of aliphatic hydroxyl groups excluding tert-OH is 1. The average molecular weight is 286 g/mol. The van der Waals surface area contributed by atoms with Crippen LogP contribution in [0, 0.1) is 0 Å². The van der Waals surface area contributed by atoms with Crippen molar-refractivity contribution in [3.8, 4) is 0 Å². The number of aromatic nitrogens is 2. The van der Waals surface area contributed by atoms with Crippen LogP contribution in [-0.4, -0.2) is 14.9 Å². The molecule has 1 aromatic carbocycles. The van der Waals surface area contributed by atoms with Crippen molar-refractivity contribution in [2.45, 2.75) is 32.4 Å². The molecule has 3 aromatic rings. The second-order valence-electron chi connectivity index (χ2n) is 4.96. The molecule has 104 valence electrons. The molecule has 1 atom stereocenters. The molecule has 0 saturated heterocycles. The number of aryl methyl sites for hydroxylation is 1. The van der Waals surface area contributed by atoms with E-state index in [-0.39, 0.29) is 0 Å². The number of fused-ring (bicyclic) bond motifs is 1. The average Bonchev–Trinajstić information content (AvgIpc) is 3.07. The quantitative estimate of drug-likeness (QED) is 0.775. The van der Waals surface area contributed by atoms with Crippen LogP contribution in [0.5, 0.6) is 0 Å². The number of aliphatic hydroxyl groups is 1. The summed E-state index contributed by atoms with van der Waals surface area (Å²) in [7, 11) is 0. The van der Waals surface area contributed by atoms with E-state index >= 15 is 0 Å². The molecule has 0 radical (unpaired) electrons. The van der Waals surface area contributed by atoms with Gasteiger partial charge in [0, 0.05) is 23.9 Å². The minimum Gasteiger partial charge on any atom is -0.386 e. The maximum atomic E-state index is 10.5. The van der Waals surface area contributed by atoms with Gasteiger partial charge in [-0.3, -0.25) is 4.68 Å². The van der Waals surface area contributed by atoms with E-state index in [9.17, 15) is 5.11 Å². The summed E-state index contributed by atoms with van der Waals surface area (Å²) in [5.74, 6) is 0. The summed E-state index contributed by atoms with van der Waals surface area (Å²) in [6, 6.07) is 10.3. The molecule has 4 heteroatoms. The number of hydrogen-bond acceptors (Lipinski definition) is 3. The number of nitrogens with zero attached hydrogens (tertiary/aromatic N) is 2. The van der Waals surface area contributed by atoms with E-state index in [1.165, 1.54) is 15.6 Å². The first kappa shape index (κ1) is 13.3. The van der Waals surface area contributed by atoms with Gasteiger partial charge in [-0.2, -0.15) is 5.10 Å². The van der Waals surface area contributed by atoms with Gasteiger partial charge in [0.25, 0.3) is 0 Å². The van der Waals surface area contributed by atoms with Gasteiger partial charge < -0.3 is 5.11 Å². The molecule has 0 aliphatic carbocycles. The minimum absolute atomic E-state index is 0.498. The topological polar surface area (TPSA) is 38.0 Å². The Balaban J connectivity index is 1.85. The van der Waals surface area contributed by atoms with Gasteiger partial charge in [0.1, 0.15) is 0 Å². The molecule has 1 N–H and O–H groups in total. The number of benzene rings is 1. The van der Waals surface area contributed by atoms with Crippen molar-refractivity contribution in [2.24, 2.45) is 0 Å². The molecule has 1 unspecified atom stereocenters. The van der Waals surface area contributed by atoms with E-state index in [1.54, 1.807) is 17.5 Å². The van der Waals surface area contributed by atoms with Crippen molar-refractivity contribution in [3.63, 3.8) is 0 Å². The highest BCUT2D eigenvalue weighted by Gasteiger charge is 2.15. The Morgan fingerprint density at radius 1 is 1.30 bits per heavy atom. The molecular weight excluding hydrogens is 268 g/mol. The van der Waals surface area contributed by atoms with Crippen LogP contribution in [0.2, 0.25) is 0 Å². The van der Waals surface area contributed by atoms with E-state index < -0.39 is 6.10 Å². The van der Waals surface area contributed by atoms with Crippen LogP contribution in [0.1, 0.15) is 30.7 Å². The van der Waals surface area contributed by atoms with Gasteiger partial charge in [-0.1, -0.05) is 25.1 Å². The molecule has 0 aliphatic rings. The fourth-order valence-electron chi connectivity index (χ4n) is 2.53. The van der Waals surface area contributed by atoms with Crippen molar-refractivity contribution < 1.29 is 5.11 Å². The highest BCUT2D eigenvalue weighted by molar-refractivity contribution is 7.17. The lowest BCUT2D eigenvalue weighted by atomic mass is 10.0. The third-order valence-electron chi connectivity index (χ3n) is 3.50. The van der Waals surface area contributed by atoms with Gasteiger partial charge in [-0.15, -0.1) is 11.3 Å². The minimum atomic E-state index is -0.498. The summed E-state index contributed by atoms with van der Waals surface area (Å²) in [6.45, 7) is 2.97. The summed E-state index contributed by atoms with van der Waals surface area (Å²) in [4.78, 5) is 0. The van der Waals surface area contributed by atoms with Crippen LogP contribution in [0.25, 0.3) is 10.1 Å². The molecule has 0 bridgehead atoms. The lowest BCUT2D eigenvalue weighted by Gasteiger charge is -2.12. The zero-order valence-electron chi connectivity index (χ0n) is 11.5. The van der Waals surface area contributed by atoms with Gasteiger partial charge in [0.2, 0.25) is 0 Å². The monoisotopic (exact) mass is 286 g/mol. The summed E-state index contributed by atoms with van der Waals surface area (Å²) >= 11 is 1.73.